The summed E-state index contributed by atoms with van der Waals surface area (Å²) < 4.78 is 48.8. The summed E-state index contributed by atoms with van der Waals surface area (Å²) >= 11 is 0. The third-order valence-electron chi connectivity index (χ3n) is 3.31. The summed E-state index contributed by atoms with van der Waals surface area (Å²) in [5.74, 6) is -1.96. The van der Waals surface area contributed by atoms with Crippen molar-refractivity contribution in [1.29, 1.82) is 0 Å². The molecule has 0 radical (unpaired) electrons. The fraction of sp³-hybridized carbons (Fsp3) is 0.583. The summed E-state index contributed by atoms with van der Waals surface area (Å²) in [5.41, 5.74) is -0.394. The number of hydrogen-bond donors (Lipinski definition) is 0. The van der Waals surface area contributed by atoms with Crippen molar-refractivity contribution in [3.05, 3.63) is 17.7 Å². The van der Waals surface area contributed by atoms with Gasteiger partial charge in [-0.2, -0.15) is 0 Å². The number of ether oxygens (including phenoxy) is 2. The fourth-order valence-corrected chi connectivity index (χ4v) is 3.64. The molecule has 1 aromatic heterocycles. The lowest BCUT2D eigenvalue weighted by molar-refractivity contribution is -0.00498. The molecule has 0 aromatic carbocycles. The van der Waals surface area contributed by atoms with Crippen LogP contribution >= 0.6 is 0 Å². The summed E-state index contributed by atoms with van der Waals surface area (Å²) in [6.07, 6.45) is 1.10. The van der Waals surface area contributed by atoms with E-state index in [-0.39, 0.29) is 19.8 Å². The van der Waals surface area contributed by atoms with E-state index in [1.54, 1.807) is 6.92 Å². The highest BCUT2D eigenvalue weighted by atomic mass is 32.2. The van der Waals surface area contributed by atoms with Crippen LogP contribution in [0.3, 0.4) is 0 Å². The minimum atomic E-state index is -3.91. The number of esters is 1. The number of carbonyl (C=O) groups is 1. The normalized spacial score (nSPS) is 17.6. The van der Waals surface area contributed by atoms with Gasteiger partial charge in [0.1, 0.15) is 9.64 Å². The van der Waals surface area contributed by atoms with E-state index in [2.05, 4.69) is 0 Å². The third kappa shape index (κ3) is 2.03. The molecule has 0 aliphatic carbocycles. The van der Waals surface area contributed by atoms with E-state index in [1.165, 1.54) is 14.0 Å². The predicted molar refractivity (Wildman–Crippen MR) is 67.7 cm³/mol. The van der Waals surface area contributed by atoms with Crippen LogP contribution in [0.25, 0.3) is 0 Å². The maximum absolute atomic E-state index is 14.3. The molecule has 1 aromatic rings. The van der Waals surface area contributed by atoms with Crippen molar-refractivity contribution in [2.45, 2.75) is 23.5 Å². The average molecular weight is 305 g/mol. The van der Waals surface area contributed by atoms with Crippen molar-refractivity contribution < 1.29 is 27.1 Å². The van der Waals surface area contributed by atoms with Gasteiger partial charge < -0.3 is 14.0 Å². The number of nitrogens with zero attached hydrogens (tertiary/aromatic N) is 1. The Kier molecular flexibility index (Phi) is 3.64. The van der Waals surface area contributed by atoms with E-state index >= 15 is 0 Å². The highest BCUT2D eigenvalue weighted by Gasteiger charge is 2.49. The maximum Gasteiger partial charge on any atom is 0.358 e. The molecule has 112 valence electrons. The van der Waals surface area contributed by atoms with Crippen LogP contribution in [0.2, 0.25) is 0 Å². The molecule has 1 aliphatic rings. The van der Waals surface area contributed by atoms with Gasteiger partial charge in [-0.1, -0.05) is 0 Å². The second-order valence-corrected chi connectivity index (χ2v) is 7.37. The summed E-state index contributed by atoms with van der Waals surface area (Å²) in [4.78, 5) is 11.2. The first kappa shape index (κ1) is 15.0. The second-order valence-electron chi connectivity index (χ2n) is 4.93. The van der Waals surface area contributed by atoms with Gasteiger partial charge in [0.05, 0.1) is 19.8 Å². The molecule has 20 heavy (non-hydrogen) atoms. The van der Waals surface area contributed by atoms with Gasteiger partial charge in [-0.25, -0.2) is 17.6 Å². The summed E-state index contributed by atoms with van der Waals surface area (Å²) in [6.45, 7) is 3.18. The smallest absolute Gasteiger partial charge is 0.358 e. The fourth-order valence-electron chi connectivity index (χ4n) is 2.00. The summed E-state index contributed by atoms with van der Waals surface area (Å²) in [6, 6.07) is 0. The molecule has 0 unspecified atom stereocenters. The van der Waals surface area contributed by atoms with E-state index in [4.69, 9.17) is 9.47 Å². The first-order valence-electron chi connectivity index (χ1n) is 6.09. The zero-order chi connectivity index (χ0) is 15.1. The van der Waals surface area contributed by atoms with Gasteiger partial charge in [0.25, 0.3) is 0 Å². The van der Waals surface area contributed by atoms with Gasteiger partial charge in [-0.15, -0.1) is 0 Å². The Bertz CT molecular complexity index is 645. The Morgan fingerprint density at radius 1 is 1.55 bits per heavy atom. The first-order chi connectivity index (χ1) is 9.24. The maximum atomic E-state index is 14.3. The van der Waals surface area contributed by atoms with Crippen LogP contribution in [0.15, 0.2) is 11.1 Å². The third-order valence-corrected chi connectivity index (χ3v) is 5.71. The SMILES string of the molecule is CCOC(=O)c1c(F)c(S(=O)(=O)C2(C)COC2)cn1C. The number of carbonyl (C=O) groups excluding carboxylic acids is 1. The molecule has 0 spiro atoms. The Labute approximate surface area is 116 Å². The lowest BCUT2D eigenvalue weighted by Gasteiger charge is -2.36. The Balaban J connectivity index is 2.50. The van der Waals surface area contributed by atoms with Gasteiger partial charge >= 0.3 is 5.97 Å². The number of hydrogen-bond acceptors (Lipinski definition) is 5. The second kappa shape index (κ2) is 4.85. The molecular formula is C12H16FNO5S. The highest BCUT2D eigenvalue weighted by Crippen LogP contribution is 2.34. The van der Waals surface area contributed by atoms with Crippen molar-refractivity contribution in [3.63, 3.8) is 0 Å². The highest BCUT2D eigenvalue weighted by molar-refractivity contribution is 7.93. The molecule has 1 fully saturated rings. The van der Waals surface area contributed by atoms with Gasteiger partial charge in [0.15, 0.2) is 21.3 Å². The minimum absolute atomic E-state index is 0.0123. The Hall–Kier alpha value is -1.41. The largest absolute Gasteiger partial charge is 0.461 e. The Morgan fingerprint density at radius 2 is 2.15 bits per heavy atom. The summed E-state index contributed by atoms with van der Waals surface area (Å²) in [5, 5.41) is 0. The Morgan fingerprint density at radius 3 is 2.60 bits per heavy atom. The zero-order valence-corrected chi connectivity index (χ0v) is 12.3. The number of sulfone groups is 1. The molecule has 0 N–H and O–H groups in total. The van der Waals surface area contributed by atoms with Crippen molar-refractivity contribution >= 4 is 15.8 Å². The molecule has 2 heterocycles. The molecular weight excluding hydrogens is 289 g/mol. The van der Waals surface area contributed by atoms with E-state index in [1.807, 2.05) is 0 Å². The minimum Gasteiger partial charge on any atom is -0.461 e. The van der Waals surface area contributed by atoms with Crippen LogP contribution in [-0.2, 0) is 26.4 Å². The van der Waals surface area contributed by atoms with Crippen LogP contribution in [-0.4, -0.2) is 43.5 Å². The molecule has 2 rings (SSSR count). The average Bonchev–Trinajstić information content (AvgIpc) is 2.62. The summed E-state index contributed by atoms with van der Waals surface area (Å²) in [7, 11) is -2.51. The molecule has 0 atom stereocenters. The molecule has 8 heteroatoms. The van der Waals surface area contributed by atoms with Crippen molar-refractivity contribution in [2.75, 3.05) is 19.8 Å². The van der Waals surface area contributed by atoms with Gasteiger partial charge in [-0.05, 0) is 13.8 Å². The van der Waals surface area contributed by atoms with Crippen molar-refractivity contribution in [1.82, 2.24) is 4.57 Å². The predicted octanol–water partition coefficient (Wildman–Crippen LogP) is 0.903. The molecule has 1 aliphatic heterocycles. The lowest BCUT2D eigenvalue weighted by Crippen LogP contribution is -2.53. The number of aromatic nitrogens is 1. The van der Waals surface area contributed by atoms with Crippen LogP contribution < -0.4 is 0 Å². The van der Waals surface area contributed by atoms with Gasteiger partial charge in [-0.3, -0.25) is 0 Å². The van der Waals surface area contributed by atoms with E-state index in [0.717, 1.165) is 10.8 Å². The van der Waals surface area contributed by atoms with Crippen LogP contribution in [0.5, 0.6) is 0 Å². The van der Waals surface area contributed by atoms with Crippen molar-refractivity contribution in [2.24, 2.45) is 7.05 Å². The van der Waals surface area contributed by atoms with Crippen LogP contribution in [0.4, 0.5) is 4.39 Å². The standard InChI is InChI=1S/C12H16FNO5S/c1-4-19-11(15)10-9(13)8(5-14(10)3)20(16,17)12(2)6-18-7-12/h5H,4,6-7H2,1-3H3. The number of halogens is 1. The van der Waals surface area contributed by atoms with Gasteiger partial charge in [0, 0.05) is 13.2 Å². The molecule has 0 amide bonds. The number of aryl methyl sites for hydroxylation is 1. The topological polar surface area (TPSA) is 74.6 Å². The molecule has 6 nitrogen and oxygen atoms in total. The zero-order valence-electron chi connectivity index (χ0n) is 11.5. The number of rotatable bonds is 4. The molecule has 0 bridgehead atoms. The lowest BCUT2D eigenvalue weighted by atomic mass is 10.1. The quantitative estimate of drug-likeness (QED) is 0.773. The van der Waals surface area contributed by atoms with E-state index < -0.39 is 37.0 Å². The molecule has 0 saturated carbocycles. The molecule has 1 saturated heterocycles. The monoisotopic (exact) mass is 305 g/mol. The van der Waals surface area contributed by atoms with Gasteiger partial charge in [0.2, 0.25) is 0 Å². The van der Waals surface area contributed by atoms with E-state index in [9.17, 15) is 17.6 Å². The van der Waals surface area contributed by atoms with Crippen LogP contribution in [0.1, 0.15) is 24.3 Å². The van der Waals surface area contributed by atoms with Crippen LogP contribution in [0, 0.1) is 5.82 Å². The van der Waals surface area contributed by atoms with Crippen molar-refractivity contribution in [3.8, 4) is 0 Å². The van der Waals surface area contributed by atoms with E-state index in [0.29, 0.717) is 0 Å². The first-order valence-corrected chi connectivity index (χ1v) is 7.57.